The third-order valence-electron chi connectivity index (χ3n) is 3.79. The molecule has 1 saturated heterocycles. The van der Waals surface area contributed by atoms with Gasteiger partial charge in [-0.25, -0.2) is 0 Å². The number of nitrogens with zero attached hydrogens (tertiary/aromatic N) is 1. The van der Waals surface area contributed by atoms with Crippen molar-refractivity contribution >= 4 is 36.6 Å². The number of hydrogen-bond donors (Lipinski definition) is 1. The summed E-state index contributed by atoms with van der Waals surface area (Å²) >= 11 is 1.64. The number of alkyl halides is 3. The topological polar surface area (TPSA) is 15.3 Å². The molecule has 8 heteroatoms. The van der Waals surface area contributed by atoms with Gasteiger partial charge in [0.1, 0.15) is 0 Å². The van der Waals surface area contributed by atoms with Crippen LogP contribution in [0.15, 0.2) is 29.2 Å². The summed E-state index contributed by atoms with van der Waals surface area (Å²) in [7, 11) is 0. The summed E-state index contributed by atoms with van der Waals surface area (Å²) in [5.41, 5.74) is 0.985. The van der Waals surface area contributed by atoms with Gasteiger partial charge in [-0.2, -0.15) is 13.2 Å². The summed E-state index contributed by atoms with van der Waals surface area (Å²) in [6.07, 6.45) is -2.70. The maximum absolute atomic E-state index is 12.6. The molecule has 0 aromatic heterocycles. The molecule has 1 heterocycles. The molecule has 1 fully saturated rings. The Bertz CT molecular complexity index is 437. The first kappa shape index (κ1) is 22.9. The van der Waals surface area contributed by atoms with E-state index in [9.17, 15) is 13.2 Å². The Morgan fingerprint density at radius 2 is 1.70 bits per heavy atom. The van der Waals surface area contributed by atoms with Crippen LogP contribution in [0.25, 0.3) is 0 Å². The van der Waals surface area contributed by atoms with Gasteiger partial charge in [-0.3, -0.25) is 4.90 Å². The second kappa shape index (κ2) is 10.7. The van der Waals surface area contributed by atoms with Gasteiger partial charge in [0.15, 0.2) is 0 Å². The van der Waals surface area contributed by atoms with E-state index in [-0.39, 0.29) is 37.3 Å². The highest BCUT2D eigenvalue weighted by atomic mass is 35.5. The monoisotopic (exact) mass is 390 g/mol. The van der Waals surface area contributed by atoms with Gasteiger partial charge in [0.25, 0.3) is 0 Å². The lowest BCUT2D eigenvalue weighted by Gasteiger charge is -2.35. The minimum absolute atomic E-state index is 0. The molecule has 1 atom stereocenters. The number of thioether (sulfide) groups is 1. The molecule has 23 heavy (non-hydrogen) atoms. The first-order valence-electron chi connectivity index (χ1n) is 7.15. The maximum atomic E-state index is 12.6. The summed E-state index contributed by atoms with van der Waals surface area (Å²) in [6.45, 7) is 3.27. The molecule has 0 unspecified atom stereocenters. The zero-order valence-corrected chi connectivity index (χ0v) is 15.4. The van der Waals surface area contributed by atoms with Crippen LogP contribution in [0, 0.1) is 0 Å². The molecule has 2 rings (SSSR count). The highest BCUT2D eigenvalue weighted by Crippen LogP contribution is 2.32. The predicted octanol–water partition coefficient (Wildman–Crippen LogP) is 4.54. The standard InChI is InChI=1S/C15H21F3N2S.2ClH/c1-21-13-4-2-12(3-5-13)14(6-7-15(16,17)18)20-10-8-19-9-11-20;;/h2-5,14,19H,6-11H2,1H3;2*1H/t14-;;/m0../s1. The normalized spacial score (nSPS) is 17.0. The molecule has 0 radical (unpaired) electrons. The van der Waals surface area contributed by atoms with Crippen LogP contribution in [0.4, 0.5) is 13.2 Å². The van der Waals surface area contributed by atoms with Crippen molar-refractivity contribution in [2.24, 2.45) is 0 Å². The molecule has 0 spiro atoms. The van der Waals surface area contributed by atoms with Gasteiger partial charge in [-0.15, -0.1) is 36.6 Å². The van der Waals surface area contributed by atoms with Gasteiger partial charge in [-0.1, -0.05) is 12.1 Å². The Hall–Kier alpha value is -0.140. The second-order valence-electron chi connectivity index (χ2n) is 5.23. The van der Waals surface area contributed by atoms with Gasteiger partial charge in [0.2, 0.25) is 0 Å². The smallest absolute Gasteiger partial charge is 0.314 e. The van der Waals surface area contributed by atoms with E-state index in [1.54, 1.807) is 11.8 Å². The van der Waals surface area contributed by atoms with E-state index < -0.39 is 12.6 Å². The molecule has 1 aliphatic rings. The minimum Gasteiger partial charge on any atom is -0.314 e. The Balaban J connectivity index is 0.00000242. The molecule has 1 aliphatic heterocycles. The van der Waals surface area contributed by atoms with E-state index in [1.165, 1.54) is 0 Å². The average Bonchev–Trinajstić information content (AvgIpc) is 2.48. The van der Waals surface area contributed by atoms with Crippen molar-refractivity contribution in [2.75, 3.05) is 32.4 Å². The van der Waals surface area contributed by atoms with Crippen molar-refractivity contribution in [1.82, 2.24) is 10.2 Å². The third kappa shape index (κ3) is 7.52. The van der Waals surface area contributed by atoms with E-state index >= 15 is 0 Å². The van der Waals surface area contributed by atoms with Crippen molar-refractivity contribution in [3.05, 3.63) is 29.8 Å². The molecular formula is C15H23Cl2F3N2S. The minimum atomic E-state index is -4.09. The van der Waals surface area contributed by atoms with E-state index in [2.05, 4.69) is 10.2 Å². The van der Waals surface area contributed by atoms with Crippen molar-refractivity contribution in [2.45, 2.75) is 30.0 Å². The first-order valence-corrected chi connectivity index (χ1v) is 8.37. The molecule has 0 aliphatic carbocycles. The zero-order chi connectivity index (χ0) is 15.3. The summed E-state index contributed by atoms with van der Waals surface area (Å²) in [4.78, 5) is 3.30. The Labute approximate surface area is 152 Å². The second-order valence-corrected chi connectivity index (χ2v) is 6.11. The molecule has 0 amide bonds. The number of piperazine rings is 1. The quantitative estimate of drug-likeness (QED) is 0.742. The van der Waals surface area contributed by atoms with E-state index in [1.807, 2.05) is 30.5 Å². The van der Waals surface area contributed by atoms with Crippen LogP contribution in [0.5, 0.6) is 0 Å². The number of hydrogen-bond acceptors (Lipinski definition) is 3. The molecule has 134 valence electrons. The van der Waals surface area contributed by atoms with E-state index in [4.69, 9.17) is 0 Å². The lowest BCUT2D eigenvalue weighted by molar-refractivity contribution is -0.138. The van der Waals surface area contributed by atoms with Crippen LogP contribution >= 0.6 is 36.6 Å². The number of nitrogens with one attached hydrogen (secondary N) is 1. The lowest BCUT2D eigenvalue weighted by atomic mass is 9.99. The van der Waals surface area contributed by atoms with Crippen molar-refractivity contribution < 1.29 is 13.2 Å². The third-order valence-corrected chi connectivity index (χ3v) is 4.54. The largest absolute Gasteiger partial charge is 0.389 e. The van der Waals surface area contributed by atoms with Crippen LogP contribution in [0.2, 0.25) is 0 Å². The number of halogens is 5. The summed E-state index contributed by atoms with van der Waals surface area (Å²) < 4.78 is 37.8. The molecule has 1 aromatic rings. The van der Waals surface area contributed by atoms with Crippen molar-refractivity contribution in [3.8, 4) is 0 Å². The Kier molecular flexibility index (Phi) is 10.6. The predicted molar refractivity (Wildman–Crippen MR) is 95.2 cm³/mol. The van der Waals surface area contributed by atoms with E-state index in [0.717, 1.165) is 36.6 Å². The van der Waals surface area contributed by atoms with Crippen LogP contribution in [-0.2, 0) is 0 Å². The van der Waals surface area contributed by atoms with Crippen molar-refractivity contribution in [3.63, 3.8) is 0 Å². The average molecular weight is 391 g/mol. The molecule has 1 N–H and O–H groups in total. The number of benzene rings is 1. The fourth-order valence-corrected chi connectivity index (χ4v) is 3.09. The molecular weight excluding hydrogens is 368 g/mol. The van der Waals surface area contributed by atoms with Gasteiger partial charge in [0, 0.05) is 43.5 Å². The summed E-state index contributed by atoms with van der Waals surface area (Å²) in [6, 6.07) is 7.76. The first-order chi connectivity index (χ1) is 9.99. The van der Waals surface area contributed by atoms with Crippen LogP contribution in [0.1, 0.15) is 24.4 Å². The van der Waals surface area contributed by atoms with Gasteiger partial charge in [-0.05, 0) is 30.4 Å². The molecule has 2 nitrogen and oxygen atoms in total. The van der Waals surface area contributed by atoms with Crippen LogP contribution in [0.3, 0.4) is 0 Å². The van der Waals surface area contributed by atoms with Gasteiger partial charge >= 0.3 is 6.18 Å². The number of rotatable bonds is 5. The van der Waals surface area contributed by atoms with Crippen LogP contribution in [-0.4, -0.2) is 43.5 Å². The Morgan fingerprint density at radius 3 is 2.17 bits per heavy atom. The zero-order valence-electron chi connectivity index (χ0n) is 12.9. The summed E-state index contributed by atoms with van der Waals surface area (Å²) in [5, 5.41) is 3.24. The molecule has 0 saturated carbocycles. The van der Waals surface area contributed by atoms with Crippen LogP contribution < -0.4 is 5.32 Å². The van der Waals surface area contributed by atoms with Crippen molar-refractivity contribution in [1.29, 1.82) is 0 Å². The molecule has 0 bridgehead atoms. The lowest BCUT2D eigenvalue weighted by Crippen LogP contribution is -2.45. The fourth-order valence-electron chi connectivity index (χ4n) is 2.68. The molecule has 1 aromatic carbocycles. The highest BCUT2D eigenvalue weighted by molar-refractivity contribution is 7.98. The summed E-state index contributed by atoms with van der Waals surface area (Å²) in [5.74, 6) is 0. The van der Waals surface area contributed by atoms with E-state index in [0.29, 0.717) is 0 Å². The Morgan fingerprint density at radius 1 is 1.13 bits per heavy atom. The van der Waals surface area contributed by atoms with Gasteiger partial charge < -0.3 is 5.32 Å². The SMILES string of the molecule is CSc1ccc([C@H](CCC(F)(F)F)N2CCNCC2)cc1.Cl.Cl. The highest BCUT2D eigenvalue weighted by Gasteiger charge is 2.31. The van der Waals surface area contributed by atoms with Gasteiger partial charge in [0.05, 0.1) is 0 Å². The fraction of sp³-hybridized carbons (Fsp3) is 0.600. The maximum Gasteiger partial charge on any atom is 0.389 e.